The normalized spacial score (nSPS) is 22.8. The SMILES string of the molecule is CCCN(CC(F)(F)F)C1CCCC(=O)C1. The first-order valence-corrected chi connectivity index (χ1v) is 5.75. The van der Waals surface area contributed by atoms with E-state index < -0.39 is 12.7 Å². The van der Waals surface area contributed by atoms with Crippen LogP contribution in [0, 0.1) is 0 Å². The molecule has 1 unspecified atom stereocenters. The highest BCUT2D eigenvalue weighted by molar-refractivity contribution is 5.79. The number of carbonyl (C=O) groups excluding carboxylic acids is 1. The minimum atomic E-state index is -4.17. The van der Waals surface area contributed by atoms with Gasteiger partial charge in [0, 0.05) is 18.9 Å². The molecule has 5 heteroatoms. The molecule has 0 aliphatic heterocycles. The molecule has 0 N–H and O–H groups in total. The number of carbonyl (C=O) groups is 1. The third-order valence-electron chi connectivity index (χ3n) is 2.87. The number of hydrogen-bond acceptors (Lipinski definition) is 2. The van der Waals surface area contributed by atoms with Crippen LogP contribution < -0.4 is 0 Å². The van der Waals surface area contributed by atoms with Crippen molar-refractivity contribution >= 4 is 5.78 Å². The molecule has 0 spiro atoms. The second kappa shape index (κ2) is 5.66. The second-order valence-corrected chi connectivity index (χ2v) is 4.37. The highest BCUT2D eigenvalue weighted by Crippen LogP contribution is 2.24. The number of alkyl halides is 3. The maximum atomic E-state index is 12.4. The fraction of sp³-hybridized carbons (Fsp3) is 0.909. The molecule has 0 aromatic carbocycles. The number of ketones is 1. The van der Waals surface area contributed by atoms with Gasteiger partial charge in [-0.1, -0.05) is 6.92 Å². The minimum Gasteiger partial charge on any atom is -0.300 e. The molecule has 1 atom stereocenters. The molecule has 0 aromatic rings. The topological polar surface area (TPSA) is 20.3 Å². The Morgan fingerprint density at radius 3 is 2.62 bits per heavy atom. The molecule has 1 aliphatic rings. The summed E-state index contributed by atoms with van der Waals surface area (Å²) < 4.78 is 37.1. The van der Waals surface area contributed by atoms with Gasteiger partial charge in [-0.05, 0) is 25.8 Å². The van der Waals surface area contributed by atoms with E-state index in [9.17, 15) is 18.0 Å². The average Bonchev–Trinajstić information content (AvgIpc) is 2.15. The highest BCUT2D eigenvalue weighted by Gasteiger charge is 2.34. The van der Waals surface area contributed by atoms with Crippen molar-refractivity contribution in [2.75, 3.05) is 13.1 Å². The van der Waals surface area contributed by atoms with Crippen molar-refractivity contribution in [3.8, 4) is 0 Å². The Kier molecular flexibility index (Phi) is 4.77. The summed E-state index contributed by atoms with van der Waals surface area (Å²) in [6, 6.07) is -0.206. The van der Waals surface area contributed by atoms with E-state index in [1.807, 2.05) is 6.92 Å². The smallest absolute Gasteiger partial charge is 0.300 e. The van der Waals surface area contributed by atoms with Crippen LogP contribution in [0.1, 0.15) is 39.0 Å². The molecule has 2 nitrogen and oxygen atoms in total. The number of Topliss-reactive ketones (excluding diaryl/α,β-unsaturated/α-hetero) is 1. The molecule has 0 radical (unpaired) electrons. The molecule has 0 aromatic heterocycles. The predicted octanol–water partition coefficient (Wildman–Crippen LogP) is 2.77. The zero-order chi connectivity index (χ0) is 12.2. The molecule has 1 fully saturated rings. The van der Waals surface area contributed by atoms with Gasteiger partial charge < -0.3 is 0 Å². The van der Waals surface area contributed by atoms with Crippen LogP contribution in [0.2, 0.25) is 0 Å². The van der Waals surface area contributed by atoms with Gasteiger partial charge in [0.1, 0.15) is 5.78 Å². The molecule has 0 amide bonds. The molecule has 0 bridgehead atoms. The van der Waals surface area contributed by atoms with E-state index in [4.69, 9.17) is 0 Å². The zero-order valence-electron chi connectivity index (χ0n) is 9.52. The summed E-state index contributed by atoms with van der Waals surface area (Å²) in [5, 5.41) is 0. The fourth-order valence-electron chi connectivity index (χ4n) is 2.22. The Morgan fingerprint density at radius 1 is 1.44 bits per heavy atom. The lowest BCUT2D eigenvalue weighted by Crippen LogP contribution is -2.44. The summed E-state index contributed by atoms with van der Waals surface area (Å²) in [6.07, 6.45) is -1.24. The van der Waals surface area contributed by atoms with Gasteiger partial charge in [0.2, 0.25) is 0 Å². The monoisotopic (exact) mass is 237 g/mol. The Bertz CT molecular complexity index is 240. The first kappa shape index (κ1) is 13.5. The van der Waals surface area contributed by atoms with Gasteiger partial charge in [-0.25, -0.2) is 0 Å². The van der Waals surface area contributed by atoms with Crippen LogP contribution in [0.5, 0.6) is 0 Å². The van der Waals surface area contributed by atoms with E-state index in [1.54, 1.807) is 0 Å². The van der Waals surface area contributed by atoms with Crippen molar-refractivity contribution in [3.63, 3.8) is 0 Å². The van der Waals surface area contributed by atoms with Crippen molar-refractivity contribution in [1.82, 2.24) is 4.90 Å². The quantitative estimate of drug-likeness (QED) is 0.749. The Morgan fingerprint density at radius 2 is 2.12 bits per heavy atom. The van der Waals surface area contributed by atoms with Crippen LogP contribution in [0.15, 0.2) is 0 Å². The summed E-state index contributed by atoms with van der Waals surface area (Å²) in [7, 11) is 0. The van der Waals surface area contributed by atoms with Crippen LogP contribution >= 0.6 is 0 Å². The molecule has 1 aliphatic carbocycles. The van der Waals surface area contributed by atoms with Crippen molar-refractivity contribution in [2.45, 2.75) is 51.2 Å². The standard InChI is InChI=1S/C11H18F3NO/c1-2-6-15(8-11(12,13)14)9-4-3-5-10(16)7-9/h9H,2-8H2,1H3. The predicted molar refractivity (Wildman–Crippen MR) is 55.2 cm³/mol. The van der Waals surface area contributed by atoms with Gasteiger partial charge in [0.25, 0.3) is 0 Å². The molecular formula is C11H18F3NO. The largest absolute Gasteiger partial charge is 0.401 e. The summed E-state index contributed by atoms with van der Waals surface area (Å²) >= 11 is 0. The third kappa shape index (κ3) is 4.51. The molecule has 1 saturated carbocycles. The van der Waals surface area contributed by atoms with E-state index in [1.165, 1.54) is 4.90 Å². The van der Waals surface area contributed by atoms with Gasteiger partial charge in [0.05, 0.1) is 6.54 Å². The van der Waals surface area contributed by atoms with Crippen LogP contribution in [0.3, 0.4) is 0 Å². The van der Waals surface area contributed by atoms with Gasteiger partial charge in [-0.15, -0.1) is 0 Å². The summed E-state index contributed by atoms with van der Waals surface area (Å²) in [6.45, 7) is 1.38. The van der Waals surface area contributed by atoms with Crippen molar-refractivity contribution < 1.29 is 18.0 Å². The maximum absolute atomic E-state index is 12.4. The lowest BCUT2D eigenvalue weighted by Gasteiger charge is -2.33. The summed E-state index contributed by atoms with van der Waals surface area (Å²) in [4.78, 5) is 12.7. The number of nitrogens with zero attached hydrogens (tertiary/aromatic N) is 1. The van der Waals surface area contributed by atoms with Crippen molar-refractivity contribution in [3.05, 3.63) is 0 Å². The molecule has 0 heterocycles. The Hall–Kier alpha value is -0.580. The molecule has 0 saturated heterocycles. The van der Waals surface area contributed by atoms with Gasteiger partial charge in [-0.3, -0.25) is 9.69 Å². The van der Waals surface area contributed by atoms with Crippen molar-refractivity contribution in [2.24, 2.45) is 0 Å². The second-order valence-electron chi connectivity index (χ2n) is 4.37. The Labute approximate surface area is 93.8 Å². The molecule has 1 rings (SSSR count). The third-order valence-corrected chi connectivity index (χ3v) is 2.87. The van der Waals surface area contributed by atoms with E-state index in [0.717, 1.165) is 6.42 Å². The van der Waals surface area contributed by atoms with E-state index in [0.29, 0.717) is 25.8 Å². The van der Waals surface area contributed by atoms with Gasteiger partial charge in [-0.2, -0.15) is 13.2 Å². The van der Waals surface area contributed by atoms with Crippen LogP contribution in [-0.2, 0) is 4.79 Å². The lowest BCUT2D eigenvalue weighted by molar-refractivity contribution is -0.154. The van der Waals surface area contributed by atoms with Gasteiger partial charge >= 0.3 is 6.18 Å². The van der Waals surface area contributed by atoms with E-state index >= 15 is 0 Å². The summed E-state index contributed by atoms with van der Waals surface area (Å²) in [5.41, 5.74) is 0. The average molecular weight is 237 g/mol. The minimum absolute atomic E-state index is 0.0968. The maximum Gasteiger partial charge on any atom is 0.401 e. The van der Waals surface area contributed by atoms with E-state index in [2.05, 4.69) is 0 Å². The highest BCUT2D eigenvalue weighted by atomic mass is 19.4. The van der Waals surface area contributed by atoms with E-state index in [-0.39, 0.29) is 18.2 Å². The summed E-state index contributed by atoms with van der Waals surface area (Å²) in [5.74, 6) is 0.0968. The zero-order valence-corrected chi connectivity index (χ0v) is 9.52. The molecular weight excluding hydrogens is 219 g/mol. The molecule has 16 heavy (non-hydrogen) atoms. The Balaban J connectivity index is 2.57. The fourth-order valence-corrected chi connectivity index (χ4v) is 2.22. The van der Waals surface area contributed by atoms with Crippen molar-refractivity contribution in [1.29, 1.82) is 0 Å². The van der Waals surface area contributed by atoms with Crippen LogP contribution in [0.25, 0.3) is 0 Å². The molecule has 94 valence electrons. The lowest BCUT2D eigenvalue weighted by atomic mass is 9.93. The van der Waals surface area contributed by atoms with Crippen LogP contribution in [0.4, 0.5) is 13.2 Å². The van der Waals surface area contributed by atoms with Gasteiger partial charge in [0.15, 0.2) is 0 Å². The number of halogens is 3. The first-order chi connectivity index (χ1) is 7.42. The van der Waals surface area contributed by atoms with Crippen LogP contribution in [-0.4, -0.2) is 36.0 Å². The number of hydrogen-bond donors (Lipinski definition) is 0. The first-order valence-electron chi connectivity index (χ1n) is 5.75. The number of rotatable bonds is 4.